The molecule has 0 aromatic rings. The number of unbranched alkanes of at least 4 members (excludes halogenated alkanes) is 2. The third-order valence-electron chi connectivity index (χ3n) is 6.19. The van der Waals surface area contributed by atoms with Crippen LogP contribution in [0.25, 0.3) is 0 Å². The molecule has 0 aliphatic rings. The summed E-state index contributed by atoms with van der Waals surface area (Å²) in [5.74, 6) is 0. The van der Waals surface area contributed by atoms with E-state index in [1.807, 2.05) is 0 Å². The van der Waals surface area contributed by atoms with Gasteiger partial charge >= 0.3 is 7.82 Å². The minimum Gasteiger partial charge on any atom is -0.302 e. The molecule has 0 aromatic carbocycles. The fourth-order valence-electron chi connectivity index (χ4n) is 3.34. The Morgan fingerprint density at radius 3 is 1.28 bits per heavy atom. The molecule has 25 heavy (non-hydrogen) atoms. The lowest BCUT2D eigenvalue weighted by Crippen LogP contribution is -2.27. The molecule has 0 radical (unpaired) electrons. The molecule has 0 rings (SSSR count). The van der Waals surface area contributed by atoms with Gasteiger partial charge in [-0.15, -0.1) is 0 Å². The molecule has 0 aliphatic heterocycles. The van der Waals surface area contributed by atoms with Crippen LogP contribution in [0.3, 0.4) is 0 Å². The van der Waals surface area contributed by atoms with Crippen molar-refractivity contribution in [2.24, 2.45) is 10.8 Å². The van der Waals surface area contributed by atoms with Crippen LogP contribution in [0, 0.1) is 10.8 Å². The van der Waals surface area contributed by atoms with Gasteiger partial charge in [0.05, 0.1) is 13.2 Å². The maximum atomic E-state index is 12.4. The molecule has 0 saturated heterocycles. The van der Waals surface area contributed by atoms with Crippen molar-refractivity contribution in [2.75, 3.05) is 13.2 Å². The second kappa shape index (κ2) is 12.5. The Bertz CT molecular complexity index is 344. The Balaban J connectivity index is 4.76. The zero-order valence-corrected chi connectivity index (χ0v) is 18.5. The molecular weight excluding hydrogens is 335 g/mol. The van der Waals surface area contributed by atoms with Crippen LogP contribution in [0.15, 0.2) is 0 Å². The van der Waals surface area contributed by atoms with E-state index in [0.29, 0.717) is 13.2 Å². The van der Waals surface area contributed by atoms with E-state index in [-0.39, 0.29) is 10.8 Å². The molecule has 0 amide bonds. The maximum Gasteiger partial charge on any atom is 0.472 e. The normalized spacial score (nSPS) is 13.4. The van der Waals surface area contributed by atoms with Crippen LogP contribution in [0.1, 0.15) is 106 Å². The number of hydrogen-bond acceptors (Lipinski definition) is 3. The molecule has 0 atom stereocenters. The van der Waals surface area contributed by atoms with Gasteiger partial charge in [-0.05, 0) is 49.4 Å². The van der Waals surface area contributed by atoms with Crippen LogP contribution in [0.5, 0.6) is 0 Å². The van der Waals surface area contributed by atoms with Gasteiger partial charge in [-0.2, -0.15) is 0 Å². The van der Waals surface area contributed by atoms with Crippen LogP contribution >= 0.6 is 7.82 Å². The van der Waals surface area contributed by atoms with E-state index < -0.39 is 7.82 Å². The second-order valence-corrected chi connectivity index (χ2v) is 9.09. The smallest absolute Gasteiger partial charge is 0.302 e. The highest BCUT2D eigenvalue weighted by Crippen LogP contribution is 2.49. The highest BCUT2D eigenvalue weighted by Gasteiger charge is 2.34. The third kappa shape index (κ3) is 9.04. The lowest BCUT2D eigenvalue weighted by atomic mass is 9.79. The predicted molar refractivity (Wildman–Crippen MR) is 107 cm³/mol. The van der Waals surface area contributed by atoms with Crippen molar-refractivity contribution in [1.82, 2.24) is 0 Å². The lowest BCUT2D eigenvalue weighted by molar-refractivity contribution is 0.0457. The van der Waals surface area contributed by atoms with Crippen molar-refractivity contribution < 1.29 is 18.5 Å². The average molecular weight is 379 g/mol. The molecule has 0 heterocycles. The number of phosphoric acid groups is 1. The van der Waals surface area contributed by atoms with Crippen molar-refractivity contribution in [3.63, 3.8) is 0 Å². The molecule has 0 bridgehead atoms. The summed E-state index contributed by atoms with van der Waals surface area (Å²) in [5, 5.41) is 0. The van der Waals surface area contributed by atoms with Gasteiger partial charge in [0.2, 0.25) is 0 Å². The summed E-state index contributed by atoms with van der Waals surface area (Å²) in [5.41, 5.74) is -0.0425. The molecule has 152 valence electrons. The molecule has 0 spiro atoms. The first-order chi connectivity index (χ1) is 11.8. The SMILES string of the molecule is CCCCC(CC)(CC)COP(=O)(O)OCC(CC)(CC)CCCC. The Hall–Kier alpha value is 0.110. The van der Waals surface area contributed by atoms with Gasteiger partial charge in [0.15, 0.2) is 0 Å². The first kappa shape index (κ1) is 25.1. The van der Waals surface area contributed by atoms with Crippen LogP contribution in [0.2, 0.25) is 0 Å². The largest absolute Gasteiger partial charge is 0.472 e. The molecule has 0 aliphatic carbocycles. The van der Waals surface area contributed by atoms with E-state index in [1.165, 1.54) is 0 Å². The highest BCUT2D eigenvalue weighted by atomic mass is 31.2. The van der Waals surface area contributed by atoms with Crippen LogP contribution in [-0.4, -0.2) is 18.1 Å². The number of phosphoric ester groups is 1. The standard InChI is InChI=1S/C20H43O4P/c1-7-13-15-19(9-3,10-4)17-23-25(21,22)24-18-20(11-5,12-6)16-14-8-2/h7-18H2,1-6H3,(H,21,22). The summed E-state index contributed by atoms with van der Waals surface area (Å²) in [6.45, 7) is 13.5. The van der Waals surface area contributed by atoms with Gasteiger partial charge in [-0.3, -0.25) is 9.05 Å². The van der Waals surface area contributed by atoms with E-state index in [0.717, 1.165) is 64.2 Å². The van der Waals surface area contributed by atoms with Crippen LogP contribution < -0.4 is 0 Å². The zero-order valence-electron chi connectivity index (χ0n) is 17.6. The van der Waals surface area contributed by atoms with E-state index in [9.17, 15) is 9.46 Å². The minimum atomic E-state index is -4.00. The Morgan fingerprint density at radius 1 is 0.720 bits per heavy atom. The monoisotopic (exact) mass is 378 g/mol. The van der Waals surface area contributed by atoms with Crippen LogP contribution in [0.4, 0.5) is 0 Å². The van der Waals surface area contributed by atoms with Crippen molar-refractivity contribution in [2.45, 2.75) is 106 Å². The second-order valence-electron chi connectivity index (χ2n) is 7.64. The molecule has 1 N–H and O–H groups in total. The first-order valence-corrected chi connectivity index (χ1v) is 11.9. The van der Waals surface area contributed by atoms with Gasteiger partial charge < -0.3 is 4.89 Å². The summed E-state index contributed by atoms with van der Waals surface area (Å²) in [4.78, 5) is 10.2. The number of hydrogen-bond donors (Lipinski definition) is 1. The molecule has 0 unspecified atom stereocenters. The quantitative estimate of drug-likeness (QED) is 0.291. The molecule has 5 heteroatoms. The summed E-state index contributed by atoms with van der Waals surface area (Å²) >= 11 is 0. The van der Waals surface area contributed by atoms with Crippen molar-refractivity contribution >= 4 is 7.82 Å². The van der Waals surface area contributed by atoms with Gasteiger partial charge in [-0.25, -0.2) is 4.57 Å². The van der Waals surface area contributed by atoms with E-state index in [1.54, 1.807) is 0 Å². The summed E-state index contributed by atoms with van der Waals surface area (Å²) in [6.07, 6.45) is 10.4. The van der Waals surface area contributed by atoms with E-state index >= 15 is 0 Å². The van der Waals surface area contributed by atoms with Gasteiger partial charge in [0.1, 0.15) is 0 Å². The zero-order chi connectivity index (χ0) is 19.4. The highest BCUT2D eigenvalue weighted by molar-refractivity contribution is 7.47. The third-order valence-corrected chi connectivity index (χ3v) is 7.10. The minimum absolute atomic E-state index is 0.0213. The Morgan fingerprint density at radius 2 is 1.04 bits per heavy atom. The van der Waals surface area contributed by atoms with Gasteiger partial charge in [0.25, 0.3) is 0 Å². The Labute approximate surface area is 156 Å². The average Bonchev–Trinajstić information content (AvgIpc) is 2.63. The lowest BCUT2D eigenvalue weighted by Gasteiger charge is -2.34. The van der Waals surface area contributed by atoms with E-state index in [2.05, 4.69) is 41.5 Å². The number of rotatable bonds is 16. The molecule has 0 aromatic heterocycles. The summed E-state index contributed by atoms with van der Waals surface area (Å²) in [6, 6.07) is 0. The maximum absolute atomic E-state index is 12.4. The summed E-state index contributed by atoms with van der Waals surface area (Å²) < 4.78 is 23.3. The molecule has 4 nitrogen and oxygen atoms in total. The fourth-order valence-corrected chi connectivity index (χ4v) is 4.29. The topological polar surface area (TPSA) is 55.8 Å². The molecule has 0 saturated carbocycles. The first-order valence-electron chi connectivity index (χ1n) is 10.4. The van der Waals surface area contributed by atoms with Crippen molar-refractivity contribution in [3.05, 3.63) is 0 Å². The molecule has 0 fully saturated rings. The summed E-state index contributed by atoms with van der Waals surface area (Å²) in [7, 11) is -4.00. The van der Waals surface area contributed by atoms with Crippen LogP contribution in [-0.2, 0) is 13.6 Å². The van der Waals surface area contributed by atoms with Gasteiger partial charge in [0, 0.05) is 0 Å². The van der Waals surface area contributed by atoms with E-state index in [4.69, 9.17) is 9.05 Å². The van der Waals surface area contributed by atoms with Crippen molar-refractivity contribution in [1.29, 1.82) is 0 Å². The predicted octanol–water partition coefficient (Wildman–Crippen LogP) is 7.11. The fraction of sp³-hybridized carbons (Fsp3) is 1.00. The Kier molecular flexibility index (Phi) is 12.5. The van der Waals surface area contributed by atoms with Gasteiger partial charge in [-0.1, -0.05) is 67.2 Å². The van der Waals surface area contributed by atoms with Crippen molar-refractivity contribution in [3.8, 4) is 0 Å². The molecular formula is C20H43O4P.